The fraction of sp³-hybridized carbons (Fsp3) is 0.200. The van der Waals surface area contributed by atoms with Crippen LogP contribution in [-0.2, 0) is 4.79 Å². The highest BCUT2D eigenvalue weighted by Gasteiger charge is 2.38. The molecule has 0 fully saturated rings. The largest absolute Gasteiger partial charge is 0.507 e. The molecule has 1 unspecified atom stereocenters. The van der Waals surface area contributed by atoms with Crippen LogP contribution in [-0.4, -0.2) is 21.8 Å². The number of carbonyl (C=O) groups excluding carboxylic acids is 2. The maximum atomic E-state index is 13.3. The van der Waals surface area contributed by atoms with Gasteiger partial charge in [-0.1, -0.05) is 61.5 Å². The zero-order chi connectivity index (χ0) is 20.5. The van der Waals surface area contributed by atoms with E-state index in [-0.39, 0.29) is 34.3 Å². The second kappa shape index (κ2) is 7.55. The fourth-order valence-electron chi connectivity index (χ4n) is 4.18. The van der Waals surface area contributed by atoms with Crippen molar-refractivity contribution in [3.63, 3.8) is 0 Å². The molecule has 4 heteroatoms. The summed E-state index contributed by atoms with van der Waals surface area (Å²) >= 11 is 0. The molecule has 0 saturated heterocycles. The normalized spacial score (nSPS) is 14.2. The molecule has 0 aromatic heterocycles. The predicted molar refractivity (Wildman–Crippen MR) is 111 cm³/mol. The van der Waals surface area contributed by atoms with Gasteiger partial charge in [-0.25, -0.2) is 0 Å². The third-order valence-electron chi connectivity index (χ3n) is 5.74. The van der Waals surface area contributed by atoms with E-state index in [9.17, 15) is 19.8 Å². The van der Waals surface area contributed by atoms with Crippen molar-refractivity contribution in [2.75, 3.05) is 0 Å². The van der Waals surface area contributed by atoms with Crippen molar-refractivity contribution in [2.45, 2.75) is 31.6 Å². The summed E-state index contributed by atoms with van der Waals surface area (Å²) in [5.74, 6) is -1.28. The predicted octanol–water partition coefficient (Wildman–Crippen LogP) is 4.93. The first-order valence-electron chi connectivity index (χ1n) is 9.75. The van der Waals surface area contributed by atoms with Gasteiger partial charge >= 0.3 is 0 Å². The van der Waals surface area contributed by atoms with E-state index in [1.807, 2.05) is 18.2 Å². The summed E-state index contributed by atoms with van der Waals surface area (Å²) in [5.41, 5.74) is 2.40. The Hall–Kier alpha value is -3.40. The minimum Gasteiger partial charge on any atom is -0.507 e. The van der Waals surface area contributed by atoms with Crippen molar-refractivity contribution < 1.29 is 19.8 Å². The third-order valence-corrected chi connectivity index (χ3v) is 5.74. The Labute approximate surface area is 169 Å². The summed E-state index contributed by atoms with van der Waals surface area (Å²) in [5, 5.41) is 20.6. The van der Waals surface area contributed by atoms with Crippen molar-refractivity contribution in [1.82, 2.24) is 0 Å². The zero-order valence-electron chi connectivity index (χ0n) is 16.1. The molecule has 0 bridgehead atoms. The summed E-state index contributed by atoms with van der Waals surface area (Å²) in [4.78, 5) is 26.3. The lowest BCUT2D eigenvalue weighted by Gasteiger charge is -2.28. The molecule has 1 aliphatic rings. The van der Waals surface area contributed by atoms with Crippen molar-refractivity contribution >= 4 is 11.6 Å². The topological polar surface area (TPSA) is 74.6 Å². The van der Waals surface area contributed by atoms with E-state index in [4.69, 9.17) is 0 Å². The molecule has 0 radical (unpaired) electrons. The van der Waals surface area contributed by atoms with Crippen molar-refractivity contribution in [2.24, 2.45) is 0 Å². The van der Waals surface area contributed by atoms with Gasteiger partial charge in [-0.2, -0.15) is 0 Å². The number of benzene rings is 3. The standard InChI is InChI=1S/C25H22O4/c1-15(16-7-3-2-4-8-16)13-14-21(28)22-17-9-5-11-19(26)23(17)25(29)24-18(22)10-6-12-20(24)27/h2-12,15,22,26-27H,13-14H2,1H3. The van der Waals surface area contributed by atoms with E-state index < -0.39 is 11.7 Å². The first-order chi connectivity index (χ1) is 14.0. The van der Waals surface area contributed by atoms with E-state index >= 15 is 0 Å². The van der Waals surface area contributed by atoms with Crippen LogP contribution in [0.3, 0.4) is 0 Å². The van der Waals surface area contributed by atoms with E-state index in [2.05, 4.69) is 19.1 Å². The van der Waals surface area contributed by atoms with Crippen molar-refractivity contribution in [3.8, 4) is 11.5 Å². The number of aromatic hydroxyl groups is 2. The number of hydrogen-bond acceptors (Lipinski definition) is 4. The Morgan fingerprint density at radius 2 is 1.41 bits per heavy atom. The average molecular weight is 386 g/mol. The smallest absolute Gasteiger partial charge is 0.201 e. The summed E-state index contributed by atoms with van der Waals surface area (Å²) in [6, 6.07) is 19.6. The molecule has 4 nitrogen and oxygen atoms in total. The highest BCUT2D eigenvalue weighted by molar-refractivity contribution is 6.18. The summed E-state index contributed by atoms with van der Waals surface area (Å²) in [6.45, 7) is 2.09. The van der Waals surface area contributed by atoms with Crippen LogP contribution in [0.4, 0.5) is 0 Å². The van der Waals surface area contributed by atoms with Gasteiger partial charge in [-0.05, 0) is 41.2 Å². The second-order valence-electron chi connectivity index (χ2n) is 7.56. The lowest BCUT2D eigenvalue weighted by molar-refractivity contribution is -0.119. The van der Waals surface area contributed by atoms with Gasteiger partial charge in [0.05, 0.1) is 17.0 Å². The van der Waals surface area contributed by atoms with Gasteiger partial charge in [0.15, 0.2) is 0 Å². The van der Waals surface area contributed by atoms with E-state index in [1.165, 1.54) is 17.7 Å². The van der Waals surface area contributed by atoms with E-state index in [1.54, 1.807) is 24.3 Å². The number of Topliss-reactive ketones (excluding diaryl/α,β-unsaturated/α-hetero) is 1. The second-order valence-corrected chi connectivity index (χ2v) is 7.56. The van der Waals surface area contributed by atoms with Gasteiger partial charge in [0.1, 0.15) is 17.3 Å². The third kappa shape index (κ3) is 3.31. The Morgan fingerprint density at radius 1 is 0.862 bits per heavy atom. The fourth-order valence-corrected chi connectivity index (χ4v) is 4.18. The molecule has 3 aromatic carbocycles. The van der Waals surface area contributed by atoms with Crippen LogP contribution >= 0.6 is 0 Å². The van der Waals surface area contributed by atoms with Crippen LogP contribution in [0.2, 0.25) is 0 Å². The van der Waals surface area contributed by atoms with E-state index in [0.717, 1.165) is 0 Å². The Morgan fingerprint density at radius 3 is 1.97 bits per heavy atom. The Bertz CT molecular complexity index is 1030. The van der Waals surface area contributed by atoms with Crippen LogP contribution in [0.5, 0.6) is 11.5 Å². The quantitative estimate of drug-likeness (QED) is 0.652. The van der Waals surface area contributed by atoms with Crippen LogP contribution < -0.4 is 0 Å². The molecule has 1 atom stereocenters. The Kier molecular flexibility index (Phi) is 4.93. The van der Waals surface area contributed by atoms with Gasteiger partial charge in [-0.3, -0.25) is 9.59 Å². The highest BCUT2D eigenvalue weighted by Crippen LogP contribution is 2.44. The SMILES string of the molecule is CC(CCC(=O)C1c2cccc(O)c2C(=O)c2c(O)cccc21)c1ccccc1. The molecule has 1 aliphatic carbocycles. The minimum atomic E-state index is -0.681. The summed E-state index contributed by atoms with van der Waals surface area (Å²) in [6.07, 6.45) is 1.01. The van der Waals surface area contributed by atoms with Crippen LogP contribution in [0.15, 0.2) is 66.7 Å². The molecular formula is C25H22O4. The monoisotopic (exact) mass is 386 g/mol. The van der Waals surface area contributed by atoms with Crippen molar-refractivity contribution in [1.29, 1.82) is 0 Å². The molecule has 0 heterocycles. The first kappa shape index (κ1) is 18.9. The molecule has 29 heavy (non-hydrogen) atoms. The van der Waals surface area contributed by atoms with Gasteiger partial charge in [-0.15, -0.1) is 0 Å². The number of phenolic OH excluding ortho intramolecular Hbond substituents is 2. The zero-order valence-corrected chi connectivity index (χ0v) is 16.1. The first-order valence-corrected chi connectivity index (χ1v) is 9.75. The van der Waals surface area contributed by atoms with Gasteiger partial charge in [0.2, 0.25) is 5.78 Å². The maximum absolute atomic E-state index is 13.3. The number of hydrogen-bond donors (Lipinski definition) is 2. The molecule has 0 saturated carbocycles. The maximum Gasteiger partial charge on any atom is 0.201 e. The summed E-state index contributed by atoms with van der Waals surface area (Å²) < 4.78 is 0. The number of ketones is 2. The number of carbonyl (C=O) groups is 2. The van der Waals surface area contributed by atoms with Gasteiger partial charge in [0, 0.05) is 6.42 Å². The lowest BCUT2D eigenvalue weighted by atomic mass is 9.74. The average Bonchev–Trinajstić information content (AvgIpc) is 2.72. The molecular weight excluding hydrogens is 364 g/mol. The molecule has 0 aliphatic heterocycles. The summed E-state index contributed by atoms with van der Waals surface area (Å²) in [7, 11) is 0. The van der Waals surface area contributed by atoms with Gasteiger partial charge in [0.25, 0.3) is 0 Å². The number of fused-ring (bicyclic) bond motifs is 2. The van der Waals surface area contributed by atoms with Crippen LogP contribution in [0.1, 0.15) is 64.2 Å². The minimum absolute atomic E-state index is 0.0287. The molecule has 0 spiro atoms. The molecule has 4 rings (SSSR count). The molecule has 2 N–H and O–H groups in total. The van der Waals surface area contributed by atoms with Crippen molar-refractivity contribution in [3.05, 3.63) is 94.5 Å². The number of rotatable bonds is 5. The van der Waals surface area contributed by atoms with Crippen LogP contribution in [0.25, 0.3) is 0 Å². The molecule has 146 valence electrons. The molecule has 0 amide bonds. The van der Waals surface area contributed by atoms with Crippen LogP contribution in [0, 0.1) is 0 Å². The lowest BCUT2D eigenvalue weighted by Crippen LogP contribution is -2.25. The highest BCUT2D eigenvalue weighted by atomic mass is 16.3. The Balaban J connectivity index is 1.69. The number of phenols is 2. The van der Waals surface area contributed by atoms with Gasteiger partial charge < -0.3 is 10.2 Å². The van der Waals surface area contributed by atoms with E-state index in [0.29, 0.717) is 24.0 Å². The molecule has 3 aromatic rings.